The number of nitrogens with one attached hydrogen (secondary N) is 1. The van der Waals surface area contributed by atoms with E-state index in [0.29, 0.717) is 36.8 Å². The number of anilines is 1. The molecule has 2 fully saturated rings. The van der Waals surface area contributed by atoms with Crippen LogP contribution in [0.25, 0.3) is 0 Å². The number of hydrogen-bond donors (Lipinski definition) is 1. The maximum Gasteiger partial charge on any atom is 0.254 e. The topological polar surface area (TPSA) is 73.0 Å². The van der Waals surface area contributed by atoms with Crippen LogP contribution in [0.4, 0.5) is 5.69 Å². The molecule has 0 radical (unpaired) electrons. The molecular weight excluding hydrogens is 416 g/mol. The Hall–Kier alpha value is -3.06. The lowest BCUT2D eigenvalue weighted by molar-refractivity contribution is -0.138. The highest BCUT2D eigenvalue weighted by Gasteiger charge is 2.36. The molecule has 2 saturated heterocycles. The SMILES string of the molecule is O=C1NCCN(C(=O)c2ccc(Cl)cc2)[C@H]1CC(=O)N1CCN(c2ccccc2)CC1. The molecule has 4 rings (SSSR count). The number of nitrogens with zero attached hydrogens (tertiary/aromatic N) is 3. The lowest BCUT2D eigenvalue weighted by Gasteiger charge is -2.39. The van der Waals surface area contributed by atoms with E-state index in [2.05, 4.69) is 22.3 Å². The van der Waals surface area contributed by atoms with Crippen LogP contribution < -0.4 is 10.2 Å². The van der Waals surface area contributed by atoms with Gasteiger partial charge in [-0.3, -0.25) is 14.4 Å². The Morgan fingerprint density at radius 1 is 0.935 bits per heavy atom. The van der Waals surface area contributed by atoms with Gasteiger partial charge < -0.3 is 20.0 Å². The minimum absolute atomic E-state index is 0.0174. The van der Waals surface area contributed by atoms with Crippen LogP contribution in [-0.4, -0.2) is 72.8 Å². The molecule has 2 aliphatic heterocycles. The number of amides is 3. The number of hydrogen-bond acceptors (Lipinski definition) is 4. The monoisotopic (exact) mass is 440 g/mol. The molecule has 2 aromatic rings. The van der Waals surface area contributed by atoms with E-state index >= 15 is 0 Å². The predicted molar refractivity (Wildman–Crippen MR) is 119 cm³/mol. The van der Waals surface area contributed by atoms with E-state index < -0.39 is 6.04 Å². The maximum atomic E-state index is 13.0. The van der Waals surface area contributed by atoms with Gasteiger partial charge >= 0.3 is 0 Å². The van der Waals surface area contributed by atoms with Gasteiger partial charge in [0.25, 0.3) is 5.91 Å². The van der Waals surface area contributed by atoms with Crippen LogP contribution in [0.1, 0.15) is 16.8 Å². The molecule has 7 nitrogen and oxygen atoms in total. The fourth-order valence-electron chi connectivity index (χ4n) is 4.07. The van der Waals surface area contributed by atoms with Crippen molar-refractivity contribution in [1.29, 1.82) is 0 Å². The van der Waals surface area contributed by atoms with Crippen molar-refractivity contribution < 1.29 is 14.4 Å². The number of benzene rings is 2. The molecule has 1 atom stereocenters. The molecule has 8 heteroatoms. The van der Waals surface area contributed by atoms with Crippen LogP contribution in [-0.2, 0) is 9.59 Å². The molecule has 0 aliphatic carbocycles. The van der Waals surface area contributed by atoms with Gasteiger partial charge in [0.05, 0.1) is 6.42 Å². The number of piperazine rings is 2. The number of para-hydroxylation sites is 1. The summed E-state index contributed by atoms with van der Waals surface area (Å²) in [6.45, 7) is 3.39. The van der Waals surface area contributed by atoms with Gasteiger partial charge in [-0.25, -0.2) is 0 Å². The minimum Gasteiger partial charge on any atom is -0.368 e. The predicted octanol–water partition coefficient (Wildman–Crippen LogP) is 2.02. The fourth-order valence-corrected chi connectivity index (χ4v) is 4.19. The van der Waals surface area contributed by atoms with Crippen LogP contribution in [0.2, 0.25) is 5.02 Å². The molecule has 2 aliphatic rings. The summed E-state index contributed by atoms with van der Waals surface area (Å²) in [7, 11) is 0. The molecule has 1 N–H and O–H groups in total. The zero-order valence-corrected chi connectivity index (χ0v) is 17.9. The summed E-state index contributed by atoms with van der Waals surface area (Å²) in [6, 6.07) is 15.9. The maximum absolute atomic E-state index is 13.0. The second-order valence-corrected chi connectivity index (χ2v) is 8.16. The zero-order valence-electron chi connectivity index (χ0n) is 17.2. The number of halogens is 1. The molecule has 0 aromatic heterocycles. The lowest BCUT2D eigenvalue weighted by Crippen LogP contribution is -2.59. The Balaban J connectivity index is 1.40. The second-order valence-electron chi connectivity index (χ2n) is 7.72. The first kappa shape index (κ1) is 21.2. The van der Waals surface area contributed by atoms with Gasteiger partial charge in [-0.2, -0.15) is 0 Å². The van der Waals surface area contributed by atoms with Crippen LogP contribution in [0.15, 0.2) is 54.6 Å². The zero-order chi connectivity index (χ0) is 21.8. The summed E-state index contributed by atoms with van der Waals surface area (Å²) in [5.74, 6) is -0.660. The average molecular weight is 441 g/mol. The molecular formula is C23H25ClN4O3. The highest BCUT2D eigenvalue weighted by molar-refractivity contribution is 6.30. The molecule has 0 unspecified atom stereocenters. The van der Waals surface area contributed by atoms with Crippen molar-refractivity contribution in [2.75, 3.05) is 44.2 Å². The lowest BCUT2D eigenvalue weighted by atomic mass is 10.1. The van der Waals surface area contributed by atoms with Gasteiger partial charge in [-0.05, 0) is 36.4 Å². The quantitative estimate of drug-likeness (QED) is 0.789. The van der Waals surface area contributed by atoms with E-state index in [4.69, 9.17) is 11.6 Å². The first-order chi connectivity index (χ1) is 15.0. The molecule has 0 spiro atoms. The van der Waals surface area contributed by atoms with Crippen LogP contribution in [0.3, 0.4) is 0 Å². The van der Waals surface area contributed by atoms with E-state index in [1.165, 1.54) is 4.90 Å². The first-order valence-electron chi connectivity index (χ1n) is 10.4. The highest BCUT2D eigenvalue weighted by Crippen LogP contribution is 2.19. The summed E-state index contributed by atoms with van der Waals surface area (Å²) in [4.78, 5) is 44.0. The molecule has 2 aromatic carbocycles. The average Bonchev–Trinajstić information content (AvgIpc) is 2.81. The summed E-state index contributed by atoms with van der Waals surface area (Å²) in [5.41, 5.74) is 1.59. The summed E-state index contributed by atoms with van der Waals surface area (Å²) < 4.78 is 0. The standard InChI is InChI=1S/C23H25ClN4O3/c24-18-8-6-17(7-9-18)23(31)28-11-10-25-22(30)20(28)16-21(29)27-14-12-26(13-15-27)19-4-2-1-3-5-19/h1-9,20H,10-16H2,(H,25,30)/t20-/m0/s1. The van der Waals surface area contributed by atoms with Gasteiger partial charge in [0.15, 0.2) is 0 Å². The van der Waals surface area contributed by atoms with Crippen LogP contribution in [0.5, 0.6) is 0 Å². The van der Waals surface area contributed by atoms with Crippen molar-refractivity contribution in [1.82, 2.24) is 15.1 Å². The van der Waals surface area contributed by atoms with Crippen molar-refractivity contribution in [3.8, 4) is 0 Å². The van der Waals surface area contributed by atoms with Crippen molar-refractivity contribution in [2.45, 2.75) is 12.5 Å². The van der Waals surface area contributed by atoms with Gasteiger partial charge in [0.1, 0.15) is 6.04 Å². The molecule has 0 saturated carbocycles. The Bertz CT molecular complexity index is 943. The van der Waals surface area contributed by atoms with Crippen molar-refractivity contribution in [3.63, 3.8) is 0 Å². The van der Waals surface area contributed by atoms with Gasteiger partial charge in [-0.15, -0.1) is 0 Å². The Morgan fingerprint density at radius 2 is 1.61 bits per heavy atom. The Kier molecular flexibility index (Phi) is 6.42. The third-order valence-corrected chi connectivity index (χ3v) is 6.06. The fraction of sp³-hybridized carbons (Fsp3) is 0.348. The molecule has 162 valence electrons. The summed E-state index contributed by atoms with van der Waals surface area (Å²) >= 11 is 5.92. The van der Waals surface area contributed by atoms with E-state index in [0.717, 1.165) is 18.8 Å². The van der Waals surface area contributed by atoms with Gasteiger partial charge in [-0.1, -0.05) is 29.8 Å². The Labute approximate surface area is 186 Å². The van der Waals surface area contributed by atoms with E-state index in [9.17, 15) is 14.4 Å². The number of carbonyl (C=O) groups is 3. The minimum atomic E-state index is -0.809. The largest absolute Gasteiger partial charge is 0.368 e. The second kappa shape index (κ2) is 9.39. The highest BCUT2D eigenvalue weighted by atomic mass is 35.5. The van der Waals surface area contributed by atoms with Crippen molar-refractivity contribution in [2.24, 2.45) is 0 Å². The van der Waals surface area contributed by atoms with Gasteiger partial charge in [0.2, 0.25) is 11.8 Å². The molecule has 31 heavy (non-hydrogen) atoms. The number of carbonyl (C=O) groups excluding carboxylic acids is 3. The van der Waals surface area contributed by atoms with E-state index in [1.54, 1.807) is 29.2 Å². The normalized spacial score (nSPS) is 19.2. The first-order valence-corrected chi connectivity index (χ1v) is 10.8. The summed E-state index contributed by atoms with van der Waals surface area (Å²) in [6.07, 6.45) is -0.0174. The smallest absolute Gasteiger partial charge is 0.254 e. The third-order valence-electron chi connectivity index (χ3n) is 5.80. The molecule has 2 heterocycles. The summed E-state index contributed by atoms with van der Waals surface area (Å²) in [5, 5.41) is 3.32. The van der Waals surface area contributed by atoms with Crippen molar-refractivity contribution in [3.05, 3.63) is 65.2 Å². The number of rotatable bonds is 4. The van der Waals surface area contributed by atoms with E-state index in [1.807, 2.05) is 18.2 Å². The Morgan fingerprint density at radius 3 is 2.29 bits per heavy atom. The van der Waals surface area contributed by atoms with Gasteiger partial charge in [0, 0.05) is 55.5 Å². The van der Waals surface area contributed by atoms with Crippen molar-refractivity contribution >= 4 is 35.0 Å². The molecule has 3 amide bonds. The van der Waals surface area contributed by atoms with E-state index in [-0.39, 0.29) is 24.1 Å². The van der Waals surface area contributed by atoms with Crippen LogP contribution >= 0.6 is 11.6 Å². The molecule has 0 bridgehead atoms. The third kappa shape index (κ3) is 4.82. The van der Waals surface area contributed by atoms with Crippen LogP contribution in [0, 0.1) is 0 Å².